The van der Waals surface area contributed by atoms with Gasteiger partial charge in [0.2, 0.25) is 11.8 Å². The van der Waals surface area contributed by atoms with Crippen molar-refractivity contribution in [2.75, 3.05) is 40.3 Å². The number of rotatable bonds is 6. The number of carbonyl (C=O) groups excluding carboxylic acids is 2. The minimum atomic E-state index is -0.332. The van der Waals surface area contributed by atoms with Gasteiger partial charge in [-0.1, -0.05) is 0 Å². The first-order valence-corrected chi connectivity index (χ1v) is 4.40. The standard InChI is InChI=1S/C8H17N3O3/c1-9-5-7(13)11(3-4-12)8(14)6-10-2/h9-10,12H,3-6H2,1-2H3. The molecule has 0 heterocycles. The van der Waals surface area contributed by atoms with Gasteiger partial charge in [0.15, 0.2) is 0 Å². The Morgan fingerprint density at radius 2 is 1.57 bits per heavy atom. The summed E-state index contributed by atoms with van der Waals surface area (Å²) in [5, 5.41) is 14.0. The molecule has 0 aromatic heterocycles. The molecule has 0 spiro atoms. The first-order chi connectivity index (χ1) is 6.67. The van der Waals surface area contributed by atoms with Gasteiger partial charge >= 0.3 is 0 Å². The fraction of sp³-hybridized carbons (Fsp3) is 0.750. The summed E-state index contributed by atoms with van der Waals surface area (Å²) in [5.74, 6) is -0.663. The minimum absolute atomic E-state index is 0.0427. The van der Waals surface area contributed by atoms with E-state index in [0.29, 0.717) is 0 Å². The van der Waals surface area contributed by atoms with Gasteiger partial charge in [0.05, 0.1) is 26.2 Å². The van der Waals surface area contributed by atoms with Crippen LogP contribution in [-0.4, -0.2) is 62.2 Å². The summed E-state index contributed by atoms with van der Waals surface area (Å²) in [6.45, 7) is 0.0108. The summed E-state index contributed by atoms with van der Waals surface area (Å²) in [6, 6.07) is 0. The Hall–Kier alpha value is -0.980. The van der Waals surface area contributed by atoms with E-state index in [2.05, 4.69) is 10.6 Å². The maximum absolute atomic E-state index is 11.4. The van der Waals surface area contributed by atoms with Crippen LogP contribution in [0.4, 0.5) is 0 Å². The first kappa shape index (κ1) is 13.0. The van der Waals surface area contributed by atoms with Gasteiger partial charge in [-0.25, -0.2) is 0 Å². The topological polar surface area (TPSA) is 81.7 Å². The quantitative estimate of drug-likeness (QED) is 0.455. The molecule has 6 nitrogen and oxygen atoms in total. The molecule has 3 N–H and O–H groups in total. The molecule has 82 valence electrons. The van der Waals surface area contributed by atoms with Crippen molar-refractivity contribution in [1.82, 2.24) is 15.5 Å². The van der Waals surface area contributed by atoms with Crippen molar-refractivity contribution in [2.24, 2.45) is 0 Å². The molecule has 0 fully saturated rings. The minimum Gasteiger partial charge on any atom is -0.395 e. The van der Waals surface area contributed by atoms with E-state index >= 15 is 0 Å². The van der Waals surface area contributed by atoms with Gasteiger partial charge in [0.25, 0.3) is 0 Å². The Bertz CT molecular complexity index is 178. The highest BCUT2D eigenvalue weighted by Crippen LogP contribution is 1.90. The number of hydrogen-bond acceptors (Lipinski definition) is 5. The normalized spacial score (nSPS) is 9.93. The van der Waals surface area contributed by atoms with E-state index < -0.39 is 0 Å². The summed E-state index contributed by atoms with van der Waals surface area (Å²) in [5.41, 5.74) is 0. The fourth-order valence-electron chi connectivity index (χ4n) is 0.982. The van der Waals surface area contributed by atoms with Crippen LogP contribution in [0.5, 0.6) is 0 Å². The summed E-state index contributed by atoms with van der Waals surface area (Å²) in [7, 11) is 3.25. The number of carbonyl (C=O) groups is 2. The highest BCUT2D eigenvalue weighted by Gasteiger charge is 2.18. The Balaban J connectivity index is 4.25. The molecule has 0 aromatic rings. The molecule has 0 unspecified atom stereocenters. The molecule has 0 bridgehead atoms. The van der Waals surface area contributed by atoms with Crippen LogP contribution in [0.3, 0.4) is 0 Å². The van der Waals surface area contributed by atoms with Crippen LogP contribution < -0.4 is 10.6 Å². The van der Waals surface area contributed by atoms with Crippen molar-refractivity contribution in [3.05, 3.63) is 0 Å². The molecule has 14 heavy (non-hydrogen) atoms. The predicted octanol–water partition coefficient (Wildman–Crippen LogP) is -2.23. The second-order valence-electron chi connectivity index (χ2n) is 2.72. The zero-order valence-corrected chi connectivity index (χ0v) is 8.54. The Morgan fingerprint density at radius 3 is 1.86 bits per heavy atom. The van der Waals surface area contributed by atoms with Crippen LogP contribution >= 0.6 is 0 Å². The average molecular weight is 203 g/mol. The third-order valence-electron chi connectivity index (χ3n) is 1.58. The SMILES string of the molecule is CNCC(=O)N(CCO)C(=O)CNC. The van der Waals surface area contributed by atoms with Gasteiger partial charge < -0.3 is 15.7 Å². The number of nitrogens with zero attached hydrogens (tertiary/aromatic N) is 1. The smallest absolute Gasteiger partial charge is 0.243 e. The lowest BCUT2D eigenvalue weighted by atomic mass is 10.4. The Labute approximate surface area is 83.3 Å². The van der Waals surface area contributed by atoms with Crippen LogP contribution in [0.2, 0.25) is 0 Å². The monoisotopic (exact) mass is 203 g/mol. The molecular formula is C8H17N3O3. The van der Waals surface area contributed by atoms with E-state index in [9.17, 15) is 9.59 Å². The molecule has 0 saturated heterocycles. The molecule has 0 rings (SSSR count). The van der Waals surface area contributed by atoms with Gasteiger partial charge in [-0.2, -0.15) is 0 Å². The van der Waals surface area contributed by atoms with Crippen molar-refractivity contribution < 1.29 is 14.7 Å². The third kappa shape index (κ3) is 4.31. The molecular weight excluding hydrogens is 186 g/mol. The second kappa shape index (κ2) is 7.43. The van der Waals surface area contributed by atoms with Crippen molar-refractivity contribution in [2.45, 2.75) is 0 Å². The Kier molecular flexibility index (Phi) is 6.91. The molecule has 0 radical (unpaired) electrons. The van der Waals surface area contributed by atoms with Crippen LogP contribution in [0.15, 0.2) is 0 Å². The molecule has 0 aliphatic heterocycles. The maximum atomic E-state index is 11.4. The fourth-order valence-corrected chi connectivity index (χ4v) is 0.982. The lowest BCUT2D eigenvalue weighted by Crippen LogP contribution is -2.46. The lowest BCUT2D eigenvalue weighted by Gasteiger charge is -2.19. The number of aliphatic hydroxyl groups excluding tert-OH is 1. The second-order valence-corrected chi connectivity index (χ2v) is 2.72. The molecule has 0 aliphatic rings. The summed E-state index contributed by atoms with van der Waals surface area (Å²) >= 11 is 0. The summed E-state index contributed by atoms with van der Waals surface area (Å²) in [4.78, 5) is 23.7. The number of nitrogens with one attached hydrogen (secondary N) is 2. The molecule has 2 amide bonds. The molecule has 0 saturated carbocycles. The van der Waals surface area contributed by atoms with Gasteiger partial charge in [-0.15, -0.1) is 0 Å². The van der Waals surface area contributed by atoms with Crippen molar-refractivity contribution in [3.63, 3.8) is 0 Å². The summed E-state index contributed by atoms with van der Waals surface area (Å²) < 4.78 is 0. The zero-order chi connectivity index (χ0) is 11.0. The van der Waals surface area contributed by atoms with E-state index in [1.54, 1.807) is 14.1 Å². The molecule has 6 heteroatoms. The average Bonchev–Trinajstić information content (AvgIpc) is 2.14. The molecule has 0 aromatic carbocycles. The van der Waals surface area contributed by atoms with Gasteiger partial charge in [0, 0.05) is 0 Å². The van der Waals surface area contributed by atoms with Gasteiger partial charge in [-0.3, -0.25) is 14.5 Å². The number of aliphatic hydroxyl groups is 1. The highest BCUT2D eigenvalue weighted by molar-refractivity contribution is 5.97. The van der Waals surface area contributed by atoms with Crippen LogP contribution in [0.25, 0.3) is 0 Å². The van der Waals surface area contributed by atoms with Gasteiger partial charge in [-0.05, 0) is 14.1 Å². The van der Waals surface area contributed by atoms with E-state index in [1.165, 1.54) is 0 Å². The highest BCUT2D eigenvalue weighted by atomic mass is 16.3. The number of amides is 2. The van der Waals surface area contributed by atoms with Crippen molar-refractivity contribution >= 4 is 11.8 Å². The van der Waals surface area contributed by atoms with E-state index in [0.717, 1.165) is 4.90 Å². The van der Waals surface area contributed by atoms with Crippen LogP contribution in [-0.2, 0) is 9.59 Å². The van der Waals surface area contributed by atoms with Crippen molar-refractivity contribution in [3.8, 4) is 0 Å². The lowest BCUT2D eigenvalue weighted by molar-refractivity contribution is -0.144. The van der Waals surface area contributed by atoms with E-state index in [4.69, 9.17) is 5.11 Å². The van der Waals surface area contributed by atoms with Crippen LogP contribution in [0, 0.1) is 0 Å². The largest absolute Gasteiger partial charge is 0.395 e. The molecule has 0 atom stereocenters. The maximum Gasteiger partial charge on any atom is 0.243 e. The molecule has 0 aliphatic carbocycles. The van der Waals surface area contributed by atoms with E-state index in [1.807, 2.05) is 0 Å². The van der Waals surface area contributed by atoms with Crippen LogP contribution in [0.1, 0.15) is 0 Å². The predicted molar refractivity (Wildman–Crippen MR) is 51.7 cm³/mol. The zero-order valence-electron chi connectivity index (χ0n) is 8.54. The number of hydrogen-bond donors (Lipinski definition) is 3. The third-order valence-corrected chi connectivity index (χ3v) is 1.58. The van der Waals surface area contributed by atoms with Crippen molar-refractivity contribution in [1.29, 1.82) is 0 Å². The summed E-state index contributed by atoms with van der Waals surface area (Å²) in [6.07, 6.45) is 0. The Morgan fingerprint density at radius 1 is 1.14 bits per heavy atom. The first-order valence-electron chi connectivity index (χ1n) is 4.40. The number of likely N-dealkylation sites (N-methyl/N-ethyl adjacent to an activating group) is 2. The van der Waals surface area contributed by atoms with E-state index in [-0.39, 0.29) is 38.1 Å². The number of imide groups is 1. The van der Waals surface area contributed by atoms with Gasteiger partial charge in [0.1, 0.15) is 0 Å².